The van der Waals surface area contributed by atoms with Gasteiger partial charge in [-0.3, -0.25) is 0 Å². The van der Waals surface area contributed by atoms with Crippen molar-refractivity contribution in [2.24, 2.45) is 0 Å². The number of likely N-dealkylation sites (tertiary alicyclic amines) is 1. The number of amides is 2. The molecule has 2 amide bonds. The third-order valence-corrected chi connectivity index (χ3v) is 5.54. The molecule has 0 aliphatic carbocycles. The number of piperazine rings is 1. The lowest BCUT2D eigenvalue weighted by molar-refractivity contribution is 0.00935. The number of anilines is 1. The maximum Gasteiger partial charge on any atom is 0.410 e. The molecule has 1 aromatic rings. The van der Waals surface area contributed by atoms with E-state index in [1.807, 2.05) is 52.5 Å². The van der Waals surface area contributed by atoms with E-state index >= 15 is 0 Å². The van der Waals surface area contributed by atoms with Crippen molar-refractivity contribution in [2.45, 2.75) is 78.0 Å². The maximum absolute atomic E-state index is 12.9. The number of ether oxygens (including phenoxy) is 2. The summed E-state index contributed by atoms with van der Waals surface area (Å²) >= 11 is 0. The maximum atomic E-state index is 12.9. The second-order valence-electron chi connectivity index (χ2n) is 10.6. The molecule has 2 aliphatic heterocycles. The lowest BCUT2D eigenvalue weighted by Crippen LogP contribution is -2.50. The van der Waals surface area contributed by atoms with E-state index in [0.29, 0.717) is 32.7 Å². The molecule has 0 spiro atoms. The first-order valence-corrected chi connectivity index (χ1v) is 11.6. The summed E-state index contributed by atoms with van der Waals surface area (Å²) in [4.78, 5) is 35.8. The Hall–Kier alpha value is -2.51. The van der Waals surface area contributed by atoms with Crippen LogP contribution in [0.15, 0.2) is 18.3 Å². The largest absolute Gasteiger partial charge is 0.444 e. The minimum absolute atomic E-state index is 0.0637. The fraction of sp³-hybridized carbons (Fsp3) is 0.708. The minimum atomic E-state index is -0.533. The van der Waals surface area contributed by atoms with E-state index in [1.54, 1.807) is 11.1 Å². The molecule has 32 heavy (non-hydrogen) atoms. The molecule has 0 N–H and O–H groups in total. The summed E-state index contributed by atoms with van der Waals surface area (Å²) in [6, 6.07) is 3.93. The minimum Gasteiger partial charge on any atom is -0.444 e. The van der Waals surface area contributed by atoms with Crippen molar-refractivity contribution in [3.8, 4) is 0 Å². The highest BCUT2D eigenvalue weighted by Gasteiger charge is 2.34. The summed E-state index contributed by atoms with van der Waals surface area (Å²) in [7, 11) is 0. The van der Waals surface area contributed by atoms with Crippen molar-refractivity contribution in [3.05, 3.63) is 23.9 Å². The Labute approximate surface area is 191 Å². The molecule has 1 aromatic heterocycles. The van der Waals surface area contributed by atoms with Gasteiger partial charge in [-0.1, -0.05) is 6.07 Å². The lowest BCUT2D eigenvalue weighted by Gasteiger charge is -2.40. The summed E-state index contributed by atoms with van der Waals surface area (Å²) in [6.07, 6.45) is 4.16. The van der Waals surface area contributed by atoms with Crippen LogP contribution in [-0.2, 0) is 9.47 Å². The summed E-state index contributed by atoms with van der Waals surface area (Å²) in [5, 5.41) is 0. The van der Waals surface area contributed by atoms with E-state index in [1.165, 1.54) is 0 Å². The number of carbonyl (C=O) groups is 2. The van der Waals surface area contributed by atoms with Gasteiger partial charge < -0.3 is 24.2 Å². The Morgan fingerprint density at radius 3 is 2.16 bits per heavy atom. The van der Waals surface area contributed by atoms with Crippen LogP contribution >= 0.6 is 0 Å². The first-order chi connectivity index (χ1) is 14.9. The van der Waals surface area contributed by atoms with Crippen LogP contribution in [0.4, 0.5) is 15.4 Å². The number of hydrogen-bond donors (Lipinski definition) is 0. The van der Waals surface area contributed by atoms with Crippen molar-refractivity contribution in [1.29, 1.82) is 0 Å². The van der Waals surface area contributed by atoms with Crippen molar-refractivity contribution >= 4 is 18.0 Å². The van der Waals surface area contributed by atoms with Crippen LogP contribution in [0.25, 0.3) is 0 Å². The third-order valence-electron chi connectivity index (χ3n) is 5.54. The molecule has 3 heterocycles. The molecule has 0 unspecified atom stereocenters. The molecule has 1 atom stereocenters. The molecular weight excluding hydrogens is 408 g/mol. The van der Waals surface area contributed by atoms with Gasteiger partial charge in [0.05, 0.1) is 6.04 Å². The fourth-order valence-electron chi connectivity index (χ4n) is 4.16. The van der Waals surface area contributed by atoms with Gasteiger partial charge in [-0.05, 0) is 66.9 Å². The predicted octanol–water partition coefficient (Wildman–Crippen LogP) is 4.60. The highest BCUT2D eigenvalue weighted by Crippen LogP contribution is 2.36. The number of rotatable bonds is 2. The molecule has 3 rings (SSSR count). The van der Waals surface area contributed by atoms with Crippen LogP contribution in [-0.4, -0.2) is 70.9 Å². The van der Waals surface area contributed by atoms with Gasteiger partial charge in [0.15, 0.2) is 0 Å². The van der Waals surface area contributed by atoms with E-state index in [-0.39, 0.29) is 18.2 Å². The number of nitrogens with zero attached hydrogens (tertiary/aromatic N) is 4. The lowest BCUT2D eigenvalue weighted by atomic mass is 9.95. The van der Waals surface area contributed by atoms with E-state index < -0.39 is 11.2 Å². The molecule has 0 bridgehead atoms. The molecule has 0 aromatic carbocycles. The number of piperidine rings is 1. The van der Waals surface area contributed by atoms with Gasteiger partial charge in [-0.15, -0.1) is 0 Å². The van der Waals surface area contributed by atoms with Crippen LogP contribution in [0.3, 0.4) is 0 Å². The van der Waals surface area contributed by atoms with Crippen LogP contribution in [0.1, 0.15) is 72.4 Å². The normalized spacial score (nSPS) is 20.2. The van der Waals surface area contributed by atoms with E-state index in [0.717, 1.165) is 30.6 Å². The summed E-state index contributed by atoms with van der Waals surface area (Å²) in [5.74, 6) is 0.886. The summed E-state index contributed by atoms with van der Waals surface area (Å²) in [5.41, 5.74) is 0.00679. The van der Waals surface area contributed by atoms with E-state index in [9.17, 15) is 9.59 Å². The Kier molecular flexibility index (Phi) is 7.20. The molecule has 0 radical (unpaired) electrons. The monoisotopic (exact) mass is 446 g/mol. The van der Waals surface area contributed by atoms with Crippen molar-refractivity contribution < 1.29 is 19.1 Å². The Bertz CT molecular complexity index is 807. The zero-order valence-electron chi connectivity index (χ0n) is 20.4. The van der Waals surface area contributed by atoms with E-state index in [4.69, 9.17) is 9.47 Å². The van der Waals surface area contributed by atoms with Gasteiger partial charge in [-0.25, -0.2) is 14.6 Å². The molecule has 8 nitrogen and oxygen atoms in total. The van der Waals surface area contributed by atoms with Crippen molar-refractivity contribution in [1.82, 2.24) is 14.8 Å². The highest BCUT2D eigenvalue weighted by atomic mass is 16.6. The topological polar surface area (TPSA) is 75.2 Å². The standard InChI is InChI=1S/C24H38N4O4/c1-23(2,3)31-21(29)27-16-14-26(15-17-27)20-18(10-9-12-25-20)19-11-7-8-13-28(19)22(30)32-24(4,5)6/h9-10,12,19H,7-8,11,13-17H2,1-6H3/t19-/m0/s1. The van der Waals surface area contributed by atoms with Gasteiger partial charge in [0.1, 0.15) is 17.0 Å². The smallest absolute Gasteiger partial charge is 0.410 e. The van der Waals surface area contributed by atoms with Crippen LogP contribution in [0, 0.1) is 0 Å². The SMILES string of the molecule is CC(C)(C)OC(=O)N1CCN(c2ncccc2[C@@H]2CCCCN2C(=O)OC(C)(C)C)CC1. The number of carbonyl (C=O) groups excluding carboxylic acids is 2. The fourth-order valence-corrected chi connectivity index (χ4v) is 4.16. The first kappa shape index (κ1) is 24.1. The second-order valence-corrected chi connectivity index (χ2v) is 10.6. The number of hydrogen-bond acceptors (Lipinski definition) is 6. The molecule has 8 heteroatoms. The zero-order valence-corrected chi connectivity index (χ0v) is 20.4. The van der Waals surface area contributed by atoms with Gasteiger partial charge in [0.25, 0.3) is 0 Å². The molecule has 2 aliphatic rings. The summed E-state index contributed by atoms with van der Waals surface area (Å²) < 4.78 is 11.2. The highest BCUT2D eigenvalue weighted by molar-refractivity contribution is 5.70. The Morgan fingerprint density at radius 1 is 0.906 bits per heavy atom. The molecule has 0 saturated carbocycles. The Balaban J connectivity index is 1.74. The second kappa shape index (κ2) is 9.55. The van der Waals surface area contributed by atoms with Gasteiger partial charge in [0.2, 0.25) is 0 Å². The zero-order chi connectivity index (χ0) is 23.5. The molecule has 2 saturated heterocycles. The third kappa shape index (κ3) is 6.26. The number of pyridine rings is 1. The van der Waals surface area contributed by atoms with Gasteiger partial charge >= 0.3 is 12.2 Å². The number of aromatic nitrogens is 1. The molecule has 2 fully saturated rings. The van der Waals surface area contributed by atoms with Crippen molar-refractivity contribution in [2.75, 3.05) is 37.6 Å². The van der Waals surface area contributed by atoms with E-state index in [2.05, 4.69) is 16.0 Å². The molecule has 178 valence electrons. The quantitative estimate of drug-likeness (QED) is 0.661. The average molecular weight is 447 g/mol. The van der Waals surface area contributed by atoms with Gasteiger partial charge in [0, 0.05) is 44.5 Å². The first-order valence-electron chi connectivity index (χ1n) is 11.6. The van der Waals surface area contributed by atoms with Crippen molar-refractivity contribution in [3.63, 3.8) is 0 Å². The van der Waals surface area contributed by atoms with Crippen LogP contribution < -0.4 is 4.90 Å². The summed E-state index contributed by atoms with van der Waals surface area (Å²) in [6.45, 7) is 14.5. The van der Waals surface area contributed by atoms with Gasteiger partial charge in [-0.2, -0.15) is 0 Å². The predicted molar refractivity (Wildman–Crippen MR) is 124 cm³/mol. The molecular formula is C24H38N4O4. The Morgan fingerprint density at radius 2 is 1.53 bits per heavy atom. The van der Waals surface area contributed by atoms with Crippen LogP contribution in [0.5, 0.6) is 0 Å². The average Bonchev–Trinajstić information content (AvgIpc) is 2.71. The van der Waals surface area contributed by atoms with Crippen LogP contribution in [0.2, 0.25) is 0 Å².